The molecule has 2 atom stereocenters. The van der Waals surface area contributed by atoms with Crippen molar-refractivity contribution in [2.75, 3.05) is 6.54 Å². The summed E-state index contributed by atoms with van der Waals surface area (Å²) in [5.74, 6) is 0.0865. The van der Waals surface area contributed by atoms with Crippen LogP contribution in [-0.2, 0) is 4.79 Å². The molecule has 110 valence electrons. The standard InChI is InChI=1S/C15H20F2N2O/c1-2-19-13(20)5-3-4-12(18)14(19)10-6-8-11(9-7-10)15(16)17/h6-9,12,14-15H,2-5,18H2,1H3. The largest absolute Gasteiger partial charge is 0.334 e. The van der Waals surface area contributed by atoms with E-state index in [0.717, 1.165) is 18.4 Å². The van der Waals surface area contributed by atoms with Crippen molar-refractivity contribution >= 4 is 5.91 Å². The molecule has 20 heavy (non-hydrogen) atoms. The Morgan fingerprint density at radius 3 is 2.55 bits per heavy atom. The minimum absolute atomic E-state index is 0.00896. The Kier molecular flexibility index (Phi) is 4.70. The van der Waals surface area contributed by atoms with E-state index in [-0.39, 0.29) is 23.6 Å². The molecule has 1 aromatic rings. The van der Waals surface area contributed by atoms with E-state index in [1.807, 2.05) is 6.92 Å². The quantitative estimate of drug-likeness (QED) is 0.926. The maximum Gasteiger partial charge on any atom is 0.263 e. The molecule has 5 heteroatoms. The van der Waals surface area contributed by atoms with Gasteiger partial charge in [-0.05, 0) is 25.3 Å². The number of rotatable bonds is 3. The average molecular weight is 282 g/mol. The highest BCUT2D eigenvalue weighted by Gasteiger charge is 2.31. The highest BCUT2D eigenvalue weighted by atomic mass is 19.3. The van der Waals surface area contributed by atoms with Crippen molar-refractivity contribution in [1.29, 1.82) is 0 Å². The molecule has 0 bridgehead atoms. The van der Waals surface area contributed by atoms with E-state index in [1.165, 1.54) is 12.1 Å². The second kappa shape index (κ2) is 6.31. The minimum atomic E-state index is -2.48. The fraction of sp³-hybridized carbons (Fsp3) is 0.533. The van der Waals surface area contributed by atoms with E-state index in [2.05, 4.69) is 0 Å². The van der Waals surface area contributed by atoms with Gasteiger partial charge in [-0.2, -0.15) is 0 Å². The summed E-state index contributed by atoms with van der Waals surface area (Å²) in [6.07, 6.45) is -0.422. The van der Waals surface area contributed by atoms with Crippen LogP contribution in [0.5, 0.6) is 0 Å². The number of carbonyl (C=O) groups is 1. The van der Waals surface area contributed by atoms with E-state index in [1.54, 1.807) is 17.0 Å². The molecule has 1 saturated heterocycles. The Balaban J connectivity index is 2.32. The van der Waals surface area contributed by atoms with Gasteiger partial charge >= 0.3 is 0 Å². The van der Waals surface area contributed by atoms with Crippen LogP contribution in [0.4, 0.5) is 8.78 Å². The summed E-state index contributed by atoms with van der Waals surface area (Å²) in [6, 6.07) is 5.77. The van der Waals surface area contributed by atoms with Crippen LogP contribution < -0.4 is 5.73 Å². The number of carbonyl (C=O) groups excluding carboxylic acids is 1. The van der Waals surface area contributed by atoms with Gasteiger partial charge in [0.2, 0.25) is 5.91 Å². The fourth-order valence-corrected chi connectivity index (χ4v) is 2.82. The summed E-state index contributed by atoms with van der Waals surface area (Å²) in [5.41, 5.74) is 7.02. The molecule has 2 N–H and O–H groups in total. The first-order chi connectivity index (χ1) is 9.54. The second-order valence-corrected chi connectivity index (χ2v) is 5.15. The van der Waals surface area contributed by atoms with Crippen LogP contribution in [0.1, 0.15) is 49.8 Å². The molecule has 1 aromatic carbocycles. The van der Waals surface area contributed by atoms with Crippen LogP contribution in [0.15, 0.2) is 24.3 Å². The Bertz CT molecular complexity index is 461. The Morgan fingerprint density at radius 2 is 2.00 bits per heavy atom. The second-order valence-electron chi connectivity index (χ2n) is 5.15. The van der Waals surface area contributed by atoms with Gasteiger partial charge in [-0.3, -0.25) is 4.79 Å². The van der Waals surface area contributed by atoms with Gasteiger partial charge in [-0.25, -0.2) is 8.78 Å². The molecule has 2 unspecified atom stereocenters. The van der Waals surface area contributed by atoms with Gasteiger partial charge in [0.25, 0.3) is 6.43 Å². The Labute approximate surface area is 117 Å². The molecule has 1 aliphatic heterocycles. The Morgan fingerprint density at radius 1 is 1.35 bits per heavy atom. The van der Waals surface area contributed by atoms with Crippen LogP contribution in [0.25, 0.3) is 0 Å². The van der Waals surface area contributed by atoms with Crippen LogP contribution in [0.3, 0.4) is 0 Å². The van der Waals surface area contributed by atoms with Crippen molar-refractivity contribution in [2.24, 2.45) is 5.73 Å². The summed E-state index contributed by atoms with van der Waals surface area (Å²) in [7, 11) is 0. The number of benzene rings is 1. The molecule has 1 aliphatic rings. The SMILES string of the molecule is CCN1C(=O)CCCC(N)C1c1ccc(C(F)F)cc1. The topological polar surface area (TPSA) is 46.3 Å². The number of likely N-dealkylation sites (N-methyl/N-ethyl adjacent to an activating group) is 1. The van der Waals surface area contributed by atoms with E-state index >= 15 is 0 Å². The van der Waals surface area contributed by atoms with Gasteiger partial charge in [0, 0.05) is 24.6 Å². The summed E-state index contributed by atoms with van der Waals surface area (Å²) >= 11 is 0. The van der Waals surface area contributed by atoms with Crippen LogP contribution >= 0.6 is 0 Å². The lowest BCUT2D eigenvalue weighted by Gasteiger charge is -2.33. The highest BCUT2D eigenvalue weighted by Crippen LogP contribution is 2.31. The average Bonchev–Trinajstić information content (AvgIpc) is 2.57. The molecule has 0 radical (unpaired) electrons. The van der Waals surface area contributed by atoms with Crippen molar-refractivity contribution in [3.8, 4) is 0 Å². The van der Waals surface area contributed by atoms with Gasteiger partial charge < -0.3 is 10.6 Å². The van der Waals surface area contributed by atoms with E-state index in [4.69, 9.17) is 5.73 Å². The van der Waals surface area contributed by atoms with Crippen molar-refractivity contribution in [3.63, 3.8) is 0 Å². The summed E-state index contributed by atoms with van der Waals surface area (Å²) in [6.45, 7) is 2.49. The van der Waals surface area contributed by atoms with Crippen molar-refractivity contribution in [1.82, 2.24) is 4.90 Å². The number of nitrogens with zero attached hydrogens (tertiary/aromatic N) is 1. The van der Waals surface area contributed by atoms with Gasteiger partial charge in [0.15, 0.2) is 0 Å². The molecule has 0 aromatic heterocycles. The maximum absolute atomic E-state index is 12.6. The molecule has 0 aliphatic carbocycles. The minimum Gasteiger partial charge on any atom is -0.334 e. The first kappa shape index (κ1) is 14.9. The van der Waals surface area contributed by atoms with Crippen LogP contribution in [0.2, 0.25) is 0 Å². The van der Waals surface area contributed by atoms with Gasteiger partial charge in [0.05, 0.1) is 6.04 Å². The van der Waals surface area contributed by atoms with Crippen molar-refractivity contribution < 1.29 is 13.6 Å². The molecule has 0 spiro atoms. The number of amides is 1. The molecule has 3 nitrogen and oxygen atoms in total. The summed E-state index contributed by atoms with van der Waals surface area (Å²) < 4.78 is 25.2. The first-order valence-electron chi connectivity index (χ1n) is 6.97. The third-order valence-corrected chi connectivity index (χ3v) is 3.86. The van der Waals surface area contributed by atoms with Crippen LogP contribution in [0, 0.1) is 0 Å². The third kappa shape index (κ3) is 2.98. The molecule has 2 rings (SSSR count). The monoisotopic (exact) mass is 282 g/mol. The molecule has 1 amide bonds. The smallest absolute Gasteiger partial charge is 0.263 e. The normalized spacial score (nSPS) is 24.1. The van der Waals surface area contributed by atoms with Crippen molar-refractivity contribution in [2.45, 2.75) is 44.7 Å². The first-order valence-corrected chi connectivity index (χ1v) is 6.97. The molecule has 1 heterocycles. The zero-order valence-electron chi connectivity index (χ0n) is 11.6. The molecular formula is C15H20F2N2O. The van der Waals surface area contributed by atoms with E-state index in [0.29, 0.717) is 13.0 Å². The number of likely N-dealkylation sites (tertiary alicyclic amines) is 1. The highest BCUT2D eigenvalue weighted by molar-refractivity contribution is 5.77. The molecular weight excluding hydrogens is 262 g/mol. The number of hydrogen-bond donors (Lipinski definition) is 1. The Hall–Kier alpha value is -1.49. The van der Waals surface area contributed by atoms with E-state index in [9.17, 15) is 13.6 Å². The van der Waals surface area contributed by atoms with E-state index < -0.39 is 6.43 Å². The lowest BCUT2D eigenvalue weighted by molar-refractivity contribution is -0.133. The number of halogens is 2. The zero-order chi connectivity index (χ0) is 14.7. The van der Waals surface area contributed by atoms with Crippen LogP contribution in [-0.4, -0.2) is 23.4 Å². The maximum atomic E-state index is 12.6. The predicted octanol–water partition coefficient (Wildman–Crippen LogP) is 3.03. The third-order valence-electron chi connectivity index (χ3n) is 3.86. The lowest BCUT2D eigenvalue weighted by Crippen LogP contribution is -2.42. The van der Waals surface area contributed by atoms with Gasteiger partial charge in [-0.1, -0.05) is 24.3 Å². The summed E-state index contributed by atoms with van der Waals surface area (Å²) in [5, 5.41) is 0. The molecule has 0 saturated carbocycles. The van der Waals surface area contributed by atoms with Gasteiger partial charge in [-0.15, -0.1) is 0 Å². The number of hydrogen-bond acceptors (Lipinski definition) is 2. The van der Waals surface area contributed by atoms with Gasteiger partial charge in [0.1, 0.15) is 0 Å². The fourth-order valence-electron chi connectivity index (χ4n) is 2.82. The molecule has 1 fully saturated rings. The number of nitrogens with two attached hydrogens (primary N) is 1. The number of alkyl halides is 2. The lowest BCUT2D eigenvalue weighted by atomic mass is 9.95. The predicted molar refractivity (Wildman–Crippen MR) is 73.4 cm³/mol. The summed E-state index contributed by atoms with van der Waals surface area (Å²) in [4.78, 5) is 13.9. The van der Waals surface area contributed by atoms with Crippen molar-refractivity contribution in [3.05, 3.63) is 35.4 Å². The zero-order valence-corrected chi connectivity index (χ0v) is 11.6.